The van der Waals surface area contributed by atoms with Gasteiger partial charge in [0.15, 0.2) is 0 Å². The van der Waals surface area contributed by atoms with E-state index in [1.54, 1.807) is 12.3 Å². The number of likely N-dealkylation sites (N-methyl/N-ethyl adjacent to an activating group) is 1. The highest BCUT2D eigenvalue weighted by molar-refractivity contribution is 5.91. The third-order valence-corrected chi connectivity index (χ3v) is 4.22. The van der Waals surface area contributed by atoms with E-state index in [0.717, 1.165) is 5.56 Å². The van der Waals surface area contributed by atoms with Crippen molar-refractivity contribution in [2.75, 3.05) is 32.6 Å². The predicted octanol–water partition coefficient (Wildman–Crippen LogP) is 3.48. The van der Waals surface area contributed by atoms with Gasteiger partial charge >= 0.3 is 6.03 Å². The van der Waals surface area contributed by atoms with Crippen LogP contribution in [0.1, 0.15) is 5.56 Å². The number of carbonyl (C=O) groups is 1. The van der Waals surface area contributed by atoms with Gasteiger partial charge in [-0.05, 0) is 25.7 Å². The number of benzene rings is 2. The highest BCUT2D eigenvalue weighted by atomic mass is 19.1. The molecular weight excluding hydrogens is 373 g/mol. The van der Waals surface area contributed by atoms with Crippen LogP contribution in [0.4, 0.5) is 14.9 Å². The summed E-state index contributed by atoms with van der Waals surface area (Å²) < 4.78 is 20.5. The second-order valence-electron chi connectivity index (χ2n) is 6.76. The zero-order valence-electron chi connectivity index (χ0n) is 16.4. The third kappa shape index (κ3) is 5.79. The van der Waals surface area contributed by atoms with Gasteiger partial charge in [-0.2, -0.15) is 5.10 Å². The van der Waals surface area contributed by atoms with Crippen molar-refractivity contribution in [2.24, 2.45) is 0 Å². The van der Waals surface area contributed by atoms with Gasteiger partial charge in [0, 0.05) is 36.5 Å². The smallest absolute Gasteiger partial charge is 0.319 e. The number of hydrogen-bond donors (Lipinski definition) is 3. The largest absolute Gasteiger partial charge is 0.490 e. The molecule has 1 heterocycles. The SMILES string of the molecule is CN(C)CCOc1cc(-c2cn[nH]c2)c(F)cc1NC(=O)NCc1ccccc1. The maximum atomic E-state index is 14.7. The number of amides is 2. The molecule has 0 saturated heterocycles. The summed E-state index contributed by atoms with van der Waals surface area (Å²) in [6.45, 7) is 1.43. The first-order chi connectivity index (χ1) is 14.0. The van der Waals surface area contributed by atoms with Crippen molar-refractivity contribution in [1.29, 1.82) is 0 Å². The number of hydrogen-bond acceptors (Lipinski definition) is 4. The summed E-state index contributed by atoms with van der Waals surface area (Å²) in [6, 6.07) is 11.9. The van der Waals surface area contributed by atoms with Crippen LogP contribution in [0.3, 0.4) is 0 Å². The van der Waals surface area contributed by atoms with Crippen molar-refractivity contribution in [3.05, 3.63) is 66.2 Å². The fourth-order valence-electron chi connectivity index (χ4n) is 2.67. The molecule has 0 aliphatic carbocycles. The third-order valence-electron chi connectivity index (χ3n) is 4.22. The van der Waals surface area contributed by atoms with Crippen molar-refractivity contribution in [3.8, 4) is 16.9 Å². The minimum Gasteiger partial charge on any atom is -0.490 e. The summed E-state index contributed by atoms with van der Waals surface area (Å²) in [4.78, 5) is 14.3. The fourth-order valence-corrected chi connectivity index (χ4v) is 2.67. The molecular formula is C21H24FN5O2. The molecule has 2 aromatic carbocycles. The lowest BCUT2D eigenvalue weighted by Crippen LogP contribution is -2.28. The summed E-state index contributed by atoms with van der Waals surface area (Å²) >= 11 is 0. The number of aromatic nitrogens is 2. The summed E-state index contributed by atoms with van der Waals surface area (Å²) in [5.41, 5.74) is 2.17. The van der Waals surface area contributed by atoms with Gasteiger partial charge in [0.05, 0.1) is 11.9 Å². The van der Waals surface area contributed by atoms with Crippen LogP contribution >= 0.6 is 0 Å². The number of carbonyl (C=O) groups excluding carboxylic acids is 1. The summed E-state index contributed by atoms with van der Waals surface area (Å²) in [7, 11) is 3.86. The molecule has 0 fully saturated rings. The van der Waals surface area contributed by atoms with E-state index in [1.165, 1.54) is 12.3 Å². The molecule has 2 amide bonds. The van der Waals surface area contributed by atoms with E-state index < -0.39 is 11.8 Å². The molecule has 3 rings (SSSR count). The number of nitrogens with one attached hydrogen (secondary N) is 3. The number of nitrogens with zero attached hydrogens (tertiary/aromatic N) is 2. The monoisotopic (exact) mass is 397 g/mol. The normalized spacial score (nSPS) is 10.8. The molecule has 0 bridgehead atoms. The number of ether oxygens (including phenoxy) is 1. The van der Waals surface area contributed by atoms with E-state index in [2.05, 4.69) is 20.8 Å². The Hall–Kier alpha value is -3.39. The van der Waals surface area contributed by atoms with Crippen LogP contribution in [0.5, 0.6) is 5.75 Å². The van der Waals surface area contributed by atoms with Crippen LogP contribution in [0.25, 0.3) is 11.1 Å². The van der Waals surface area contributed by atoms with Gasteiger partial charge in [-0.15, -0.1) is 0 Å². The lowest BCUT2D eigenvalue weighted by molar-refractivity contribution is 0.250. The Morgan fingerprint density at radius 1 is 1.24 bits per heavy atom. The molecule has 0 spiro atoms. The van der Waals surface area contributed by atoms with E-state index in [-0.39, 0.29) is 5.69 Å². The standard InChI is InChI=1S/C21H24FN5O2/c1-27(2)8-9-29-20-10-17(16-13-24-25-14-16)18(22)11-19(20)26-21(28)23-12-15-6-4-3-5-7-15/h3-7,10-11,13-14H,8-9,12H2,1-2H3,(H,24,25)(H2,23,26,28). The molecule has 1 aromatic heterocycles. The maximum absolute atomic E-state index is 14.7. The van der Waals surface area contributed by atoms with Crippen molar-refractivity contribution in [1.82, 2.24) is 20.4 Å². The minimum absolute atomic E-state index is 0.263. The first-order valence-electron chi connectivity index (χ1n) is 9.22. The topological polar surface area (TPSA) is 82.3 Å². The van der Waals surface area contributed by atoms with E-state index in [9.17, 15) is 9.18 Å². The van der Waals surface area contributed by atoms with Crippen molar-refractivity contribution in [3.63, 3.8) is 0 Å². The van der Waals surface area contributed by atoms with E-state index in [1.807, 2.05) is 49.3 Å². The van der Waals surface area contributed by atoms with Crippen molar-refractivity contribution < 1.29 is 13.9 Å². The molecule has 0 aliphatic heterocycles. The summed E-state index contributed by atoms with van der Waals surface area (Å²) in [6.07, 6.45) is 3.13. The maximum Gasteiger partial charge on any atom is 0.319 e. The van der Waals surface area contributed by atoms with E-state index in [4.69, 9.17) is 4.74 Å². The molecule has 0 unspecified atom stereocenters. The van der Waals surface area contributed by atoms with Crippen LogP contribution in [-0.2, 0) is 6.54 Å². The predicted molar refractivity (Wildman–Crippen MR) is 110 cm³/mol. The Labute approximate surface area is 168 Å². The van der Waals surface area contributed by atoms with Gasteiger partial charge in [0.25, 0.3) is 0 Å². The fraction of sp³-hybridized carbons (Fsp3) is 0.238. The molecule has 3 aromatic rings. The molecule has 29 heavy (non-hydrogen) atoms. The minimum atomic E-state index is -0.482. The number of halogens is 1. The second-order valence-corrected chi connectivity index (χ2v) is 6.76. The number of rotatable bonds is 8. The average Bonchev–Trinajstić information content (AvgIpc) is 3.23. The Kier molecular flexibility index (Phi) is 6.80. The van der Waals surface area contributed by atoms with Crippen LogP contribution in [-0.4, -0.2) is 48.4 Å². The van der Waals surface area contributed by atoms with Crippen molar-refractivity contribution >= 4 is 11.7 Å². The lowest BCUT2D eigenvalue weighted by atomic mass is 10.1. The van der Waals surface area contributed by atoms with Crippen LogP contribution in [0, 0.1) is 5.82 Å². The van der Waals surface area contributed by atoms with E-state index in [0.29, 0.717) is 36.6 Å². The number of anilines is 1. The molecule has 7 nitrogen and oxygen atoms in total. The first kappa shape index (κ1) is 20.3. The van der Waals surface area contributed by atoms with Gasteiger partial charge in [-0.25, -0.2) is 9.18 Å². The Morgan fingerprint density at radius 3 is 2.72 bits per heavy atom. The van der Waals surface area contributed by atoms with Crippen molar-refractivity contribution in [2.45, 2.75) is 6.54 Å². The van der Waals surface area contributed by atoms with Crippen LogP contribution in [0.2, 0.25) is 0 Å². The summed E-state index contributed by atoms with van der Waals surface area (Å²) in [5.74, 6) is -0.0935. The van der Waals surface area contributed by atoms with Gasteiger partial charge in [0.1, 0.15) is 18.2 Å². The number of H-pyrrole nitrogens is 1. The molecule has 0 radical (unpaired) electrons. The second kappa shape index (κ2) is 9.70. The van der Waals surface area contributed by atoms with Crippen LogP contribution < -0.4 is 15.4 Å². The molecule has 8 heteroatoms. The van der Waals surface area contributed by atoms with E-state index >= 15 is 0 Å². The zero-order valence-corrected chi connectivity index (χ0v) is 16.4. The van der Waals surface area contributed by atoms with Crippen LogP contribution in [0.15, 0.2) is 54.9 Å². The highest BCUT2D eigenvalue weighted by Gasteiger charge is 2.15. The molecule has 152 valence electrons. The zero-order chi connectivity index (χ0) is 20.6. The molecule has 0 aliphatic rings. The Balaban J connectivity index is 1.76. The quantitative estimate of drug-likeness (QED) is 0.544. The van der Waals surface area contributed by atoms with Gasteiger partial charge < -0.3 is 20.3 Å². The molecule has 0 atom stereocenters. The van der Waals surface area contributed by atoms with Gasteiger partial charge in [-0.3, -0.25) is 5.10 Å². The number of urea groups is 1. The Bertz CT molecular complexity index is 930. The van der Waals surface area contributed by atoms with Gasteiger partial charge in [0.2, 0.25) is 0 Å². The Morgan fingerprint density at radius 2 is 2.03 bits per heavy atom. The van der Waals surface area contributed by atoms with Gasteiger partial charge in [-0.1, -0.05) is 30.3 Å². The lowest BCUT2D eigenvalue weighted by Gasteiger charge is -2.16. The summed E-state index contributed by atoms with van der Waals surface area (Å²) in [5, 5.41) is 12.0. The highest BCUT2D eigenvalue weighted by Crippen LogP contribution is 2.33. The first-order valence-corrected chi connectivity index (χ1v) is 9.22. The molecule has 3 N–H and O–H groups in total. The molecule has 0 saturated carbocycles. The average molecular weight is 397 g/mol. The number of aromatic amines is 1.